The van der Waals surface area contributed by atoms with Gasteiger partial charge in [-0.15, -0.1) is 0 Å². The molecule has 10 heavy (non-hydrogen) atoms. The molecule has 1 unspecified atom stereocenters. The predicted octanol–water partition coefficient (Wildman–Crippen LogP) is 3.09. The van der Waals surface area contributed by atoms with Crippen molar-refractivity contribution in [2.45, 2.75) is 33.6 Å². The first-order valence-corrected chi connectivity index (χ1v) is 3.58. The number of hydrogen-bond acceptors (Lipinski definition) is 0. The number of rotatable bonds is 2. The van der Waals surface area contributed by atoms with E-state index in [9.17, 15) is 0 Å². The van der Waals surface area contributed by atoms with Gasteiger partial charge < -0.3 is 13.8 Å². The Kier molecular flexibility index (Phi) is 7.11. The van der Waals surface area contributed by atoms with Crippen LogP contribution < -0.4 is 0 Å². The van der Waals surface area contributed by atoms with E-state index in [1.54, 1.807) is 0 Å². The van der Waals surface area contributed by atoms with Crippen LogP contribution in [0.4, 0.5) is 0 Å². The van der Waals surface area contributed by atoms with E-state index < -0.39 is 0 Å². The largest absolute Gasteiger partial charge is 2.00 e. The van der Waals surface area contributed by atoms with E-state index in [1.165, 1.54) is 6.42 Å². The molecule has 0 rings (SSSR count). The summed E-state index contributed by atoms with van der Waals surface area (Å²) in [7, 11) is 0. The molecule has 0 aliphatic heterocycles. The van der Waals surface area contributed by atoms with Crippen LogP contribution in [0.1, 0.15) is 33.6 Å². The molecule has 0 aliphatic rings. The molecule has 0 aromatic rings. The summed E-state index contributed by atoms with van der Waals surface area (Å²) in [5.74, 6) is 0.532. The molecular formula is C9H18W. The van der Waals surface area contributed by atoms with E-state index in [2.05, 4.69) is 34.6 Å². The summed E-state index contributed by atoms with van der Waals surface area (Å²) < 4.78 is 0. The average Bonchev–Trinajstić information content (AvgIpc) is 1.62. The zero-order valence-corrected chi connectivity index (χ0v) is 10.2. The fraction of sp³-hybridized carbons (Fsp3) is 0.778. The molecule has 0 saturated heterocycles. The first kappa shape index (κ1) is 13.3. The maximum Gasteiger partial charge on any atom is 2.00 e. The summed E-state index contributed by atoms with van der Waals surface area (Å²) in [5.41, 5.74) is 0.421. The van der Waals surface area contributed by atoms with Crippen molar-refractivity contribution in [2.75, 3.05) is 0 Å². The molecular weight excluding hydrogens is 292 g/mol. The minimum absolute atomic E-state index is 0. The minimum Gasteiger partial charge on any atom is -0.345 e. The van der Waals surface area contributed by atoms with Gasteiger partial charge in [0.05, 0.1) is 0 Å². The summed E-state index contributed by atoms with van der Waals surface area (Å²) in [6.45, 7) is 14.5. The van der Waals surface area contributed by atoms with Crippen LogP contribution in [0.3, 0.4) is 0 Å². The summed E-state index contributed by atoms with van der Waals surface area (Å²) in [6.07, 6.45) is 2.13. The van der Waals surface area contributed by atoms with Gasteiger partial charge in [-0.1, -0.05) is 27.2 Å². The first-order chi connectivity index (χ1) is 3.95. The van der Waals surface area contributed by atoms with Gasteiger partial charge in [-0.05, 0) is 5.41 Å². The molecule has 0 saturated carbocycles. The standard InChI is InChI=1S/C9H18.W/c1-6-8(2)7-9(3,4)5;/h8H,1-2,6-7H2,3-5H3;/q-2;+2. The van der Waals surface area contributed by atoms with Gasteiger partial charge in [0, 0.05) is 0 Å². The molecule has 0 spiro atoms. The maximum atomic E-state index is 3.98. The van der Waals surface area contributed by atoms with Gasteiger partial charge in [0.2, 0.25) is 0 Å². The smallest absolute Gasteiger partial charge is 0.345 e. The Morgan fingerprint density at radius 3 is 1.80 bits per heavy atom. The van der Waals surface area contributed by atoms with Crippen LogP contribution >= 0.6 is 0 Å². The first-order valence-electron chi connectivity index (χ1n) is 3.58. The van der Waals surface area contributed by atoms with Crippen LogP contribution in [0.5, 0.6) is 0 Å². The molecule has 1 heteroatoms. The minimum atomic E-state index is 0. The third kappa shape index (κ3) is 8.69. The van der Waals surface area contributed by atoms with E-state index in [0.29, 0.717) is 11.3 Å². The van der Waals surface area contributed by atoms with Crippen molar-refractivity contribution in [3.8, 4) is 0 Å². The molecule has 0 aromatic heterocycles. The van der Waals surface area contributed by atoms with E-state index in [-0.39, 0.29) is 21.1 Å². The van der Waals surface area contributed by atoms with Crippen molar-refractivity contribution < 1.29 is 21.1 Å². The Hall–Kier alpha value is 0.688. The van der Waals surface area contributed by atoms with Crippen LogP contribution in [0.2, 0.25) is 0 Å². The Morgan fingerprint density at radius 2 is 1.70 bits per heavy atom. The van der Waals surface area contributed by atoms with Gasteiger partial charge in [-0.3, -0.25) is 0 Å². The fourth-order valence-electron chi connectivity index (χ4n) is 0.968. The van der Waals surface area contributed by atoms with Crippen LogP contribution in [0, 0.1) is 25.2 Å². The Bertz CT molecular complexity index is 71.3. The van der Waals surface area contributed by atoms with Crippen molar-refractivity contribution in [3.05, 3.63) is 13.8 Å². The third-order valence-electron chi connectivity index (χ3n) is 1.31. The van der Waals surface area contributed by atoms with E-state index in [0.717, 1.165) is 6.42 Å². The SMILES string of the molecule is [CH2-]CC([CH2-])CC(C)(C)C.[W+2]. The average molecular weight is 310 g/mol. The van der Waals surface area contributed by atoms with Gasteiger partial charge in [-0.25, -0.2) is 6.42 Å². The van der Waals surface area contributed by atoms with Gasteiger partial charge >= 0.3 is 21.1 Å². The van der Waals surface area contributed by atoms with Crippen molar-refractivity contribution in [1.29, 1.82) is 0 Å². The zero-order chi connectivity index (χ0) is 7.49. The van der Waals surface area contributed by atoms with Crippen LogP contribution in [-0.4, -0.2) is 0 Å². The second-order valence-electron chi connectivity index (χ2n) is 3.92. The summed E-state index contributed by atoms with van der Waals surface area (Å²) in [5, 5.41) is 0. The summed E-state index contributed by atoms with van der Waals surface area (Å²) in [6, 6.07) is 0. The van der Waals surface area contributed by atoms with Gasteiger partial charge in [0.1, 0.15) is 0 Å². The molecule has 0 fully saturated rings. The van der Waals surface area contributed by atoms with Crippen molar-refractivity contribution >= 4 is 0 Å². The number of hydrogen-bond donors (Lipinski definition) is 0. The Labute approximate surface area is 80.0 Å². The van der Waals surface area contributed by atoms with Crippen molar-refractivity contribution in [3.63, 3.8) is 0 Å². The maximum absolute atomic E-state index is 3.98. The molecule has 1 atom stereocenters. The molecule has 0 bridgehead atoms. The molecule has 60 valence electrons. The van der Waals surface area contributed by atoms with Crippen molar-refractivity contribution in [1.82, 2.24) is 0 Å². The Morgan fingerprint density at radius 1 is 1.30 bits per heavy atom. The molecule has 0 N–H and O–H groups in total. The molecule has 0 amide bonds. The van der Waals surface area contributed by atoms with Crippen LogP contribution in [0.15, 0.2) is 0 Å². The van der Waals surface area contributed by atoms with Crippen LogP contribution in [-0.2, 0) is 21.1 Å². The second-order valence-corrected chi connectivity index (χ2v) is 3.92. The third-order valence-corrected chi connectivity index (χ3v) is 1.31. The molecule has 0 aliphatic carbocycles. The van der Waals surface area contributed by atoms with E-state index in [1.807, 2.05) is 0 Å². The zero-order valence-electron chi connectivity index (χ0n) is 7.31. The predicted molar refractivity (Wildman–Crippen MR) is 42.9 cm³/mol. The van der Waals surface area contributed by atoms with Crippen molar-refractivity contribution in [2.24, 2.45) is 11.3 Å². The normalized spacial score (nSPS) is 14.1. The van der Waals surface area contributed by atoms with Gasteiger partial charge in [0.25, 0.3) is 0 Å². The quantitative estimate of drug-likeness (QED) is 0.688. The summed E-state index contributed by atoms with van der Waals surface area (Å²) in [4.78, 5) is 0. The molecule has 0 heterocycles. The van der Waals surface area contributed by atoms with E-state index in [4.69, 9.17) is 0 Å². The second kappa shape index (κ2) is 5.35. The topological polar surface area (TPSA) is 0 Å². The van der Waals surface area contributed by atoms with Crippen LogP contribution in [0.25, 0.3) is 0 Å². The monoisotopic (exact) mass is 310 g/mol. The molecule has 0 radical (unpaired) electrons. The van der Waals surface area contributed by atoms with Gasteiger partial charge in [-0.2, -0.15) is 5.92 Å². The Balaban J connectivity index is 0. The van der Waals surface area contributed by atoms with E-state index >= 15 is 0 Å². The molecule has 0 nitrogen and oxygen atoms in total. The van der Waals surface area contributed by atoms with Gasteiger partial charge in [0.15, 0.2) is 0 Å². The summed E-state index contributed by atoms with van der Waals surface area (Å²) >= 11 is 0. The fourth-order valence-corrected chi connectivity index (χ4v) is 0.968. The molecule has 0 aromatic carbocycles.